The summed E-state index contributed by atoms with van der Waals surface area (Å²) in [5.74, 6) is 1.28. The van der Waals surface area contributed by atoms with Gasteiger partial charge in [0, 0.05) is 6.04 Å². The van der Waals surface area contributed by atoms with Gasteiger partial charge >= 0.3 is 5.97 Å². The van der Waals surface area contributed by atoms with Crippen LogP contribution in [0.5, 0.6) is 0 Å². The Hall–Kier alpha value is -0.570. The van der Waals surface area contributed by atoms with Crippen LogP contribution < -0.4 is 5.32 Å². The normalized spacial score (nSPS) is 25.8. The zero-order valence-corrected chi connectivity index (χ0v) is 10.8. The number of esters is 1. The number of carbonyl (C=O) groups excluding carboxylic acids is 1. The first-order valence-electron chi connectivity index (χ1n) is 6.54. The van der Waals surface area contributed by atoms with Crippen molar-refractivity contribution in [3.05, 3.63) is 0 Å². The Morgan fingerprint density at radius 3 is 2.69 bits per heavy atom. The Morgan fingerprint density at radius 1 is 1.38 bits per heavy atom. The molecule has 94 valence electrons. The fourth-order valence-electron chi connectivity index (χ4n) is 2.64. The van der Waals surface area contributed by atoms with Gasteiger partial charge in [0.25, 0.3) is 0 Å². The predicted molar refractivity (Wildman–Crippen MR) is 65.2 cm³/mol. The van der Waals surface area contributed by atoms with E-state index in [-0.39, 0.29) is 5.97 Å². The molecule has 2 atom stereocenters. The molecule has 3 heteroatoms. The van der Waals surface area contributed by atoms with Crippen LogP contribution in [0.25, 0.3) is 0 Å². The molecule has 1 aliphatic rings. The van der Waals surface area contributed by atoms with E-state index in [1.807, 2.05) is 6.92 Å². The van der Waals surface area contributed by atoms with E-state index >= 15 is 0 Å². The Bertz CT molecular complexity index is 216. The molecule has 0 spiro atoms. The molecule has 3 nitrogen and oxygen atoms in total. The van der Waals surface area contributed by atoms with Gasteiger partial charge in [0.2, 0.25) is 0 Å². The van der Waals surface area contributed by atoms with E-state index in [9.17, 15) is 4.79 Å². The van der Waals surface area contributed by atoms with Gasteiger partial charge < -0.3 is 10.1 Å². The molecule has 16 heavy (non-hydrogen) atoms. The zero-order valence-electron chi connectivity index (χ0n) is 10.8. The Kier molecular flexibility index (Phi) is 5.81. The number of hydrogen-bond donors (Lipinski definition) is 1. The Balaban J connectivity index is 2.35. The van der Waals surface area contributed by atoms with Crippen molar-refractivity contribution in [2.24, 2.45) is 11.8 Å². The summed E-state index contributed by atoms with van der Waals surface area (Å²) < 4.78 is 4.93. The third-order valence-electron chi connectivity index (χ3n) is 3.49. The molecule has 0 radical (unpaired) electrons. The maximum absolute atomic E-state index is 11.3. The molecule has 1 aliphatic carbocycles. The van der Waals surface area contributed by atoms with Gasteiger partial charge in [-0.25, -0.2) is 0 Å². The highest BCUT2D eigenvalue weighted by atomic mass is 16.5. The van der Waals surface area contributed by atoms with Crippen molar-refractivity contribution in [1.82, 2.24) is 5.32 Å². The largest absolute Gasteiger partial charge is 0.465 e. The maximum atomic E-state index is 11.3. The Labute approximate surface area is 98.9 Å². The van der Waals surface area contributed by atoms with Crippen molar-refractivity contribution in [3.63, 3.8) is 0 Å². The summed E-state index contributed by atoms with van der Waals surface area (Å²) in [4.78, 5) is 11.3. The third kappa shape index (κ3) is 4.12. The van der Waals surface area contributed by atoms with Crippen molar-refractivity contribution < 1.29 is 9.53 Å². The van der Waals surface area contributed by atoms with E-state index in [1.54, 1.807) is 0 Å². The molecule has 1 N–H and O–H groups in total. The summed E-state index contributed by atoms with van der Waals surface area (Å²) in [5, 5.41) is 3.36. The number of rotatable bonds is 5. The van der Waals surface area contributed by atoms with Crippen LogP contribution >= 0.6 is 0 Å². The highest BCUT2D eigenvalue weighted by molar-refractivity contribution is 5.71. The van der Waals surface area contributed by atoms with Gasteiger partial charge in [0.1, 0.15) is 0 Å². The lowest BCUT2D eigenvalue weighted by Crippen LogP contribution is -2.43. The van der Waals surface area contributed by atoms with Gasteiger partial charge in [-0.05, 0) is 31.6 Å². The van der Waals surface area contributed by atoms with Crippen LogP contribution in [0.4, 0.5) is 0 Å². The lowest BCUT2D eigenvalue weighted by atomic mass is 9.78. The number of nitrogens with one attached hydrogen (secondary N) is 1. The van der Waals surface area contributed by atoms with Gasteiger partial charge in [0.05, 0.1) is 13.2 Å². The fraction of sp³-hybridized carbons (Fsp3) is 0.923. The van der Waals surface area contributed by atoms with E-state index < -0.39 is 0 Å². The zero-order chi connectivity index (χ0) is 12.0. The number of hydrogen-bond acceptors (Lipinski definition) is 3. The summed E-state index contributed by atoms with van der Waals surface area (Å²) in [7, 11) is 0. The summed E-state index contributed by atoms with van der Waals surface area (Å²) in [6.07, 6.45) is 5.10. The topological polar surface area (TPSA) is 38.3 Å². The minimum atomic E-state index is -0.129. The van der Waals surface area contributed by atoms with E-state index in [2.05, 4.69) is 19.2 Å². The molecule has 1 saturated carbocycles. The van der Waals surface area contributed by atoms with Crippen LogP contribution in [0.15, 0.2) is 0 Å². The monoisotopic (exact) mass is 227 g/mol. The van der Waals surface area contributed by atoms with Crippen molar-refractivity contribution in [1.29, 1.82) is 0 Å². The first kappa shape index (κ1) is 13.5. The molecule has 0 aromatic heterocycles. The number of ether oxygens (including phenoxy) is 1. The molecule has 2 unspecified atom stereocenters. The van der Waals surface area contributed by atoms with Crippen LogP contribution in [0.2, 0.25) is 0 Å². The summed E-state index contributed by atoms with van der Waals surface area (Å²) in [5.41, 5.74) is 0. The molecule has 1 fully saturated rings. The molecule has 0 aliphatic heterocycles. The van der Waals surface area contributed by atoms with Crippen LogP contribution in [0, 0.1) is 11.8 Å². The second kappa shape index (κ2) is 6.89. The van der Waals surface area contributed by atoms with Gasteiger partial charge in [-0.3, -0.25) is 4.79 Å². The first-order valence-corrected chi connectivity index (χ1v) is 6.54. The summed E-state index contributed by atoms with van der Waals surface area (Å²) >= 11 is 0. The maximum Gasteiger partial charge on any atom is 0.319 e. The quantitative estimate of drug-likeness (QED) is 0.733. The van der Waals surface area contributed by atoms with E-state index in [4.69, 9.17) is 4.74 Å². The average molecular weight is 227 g/mol. The molecule has 0 aromatic rings. The van der Waals surface area contributed by atoms with Gasteiger partial charge in [0.15, 0.2) is 0 Å². The van der Waals surface area contributed by atoms with Crippen LogP contribution in [-0.2, 0) is 9.53 Å². The van der Waals surface area contributed by atoms with Crippen molar-refractivity contribution >= 4 is 5.97 Å². The van der Waals surface area contributed by atoms with Gasteiger partial charge in [-0.15, -0.1) is 0 Å². The third-order valence-corrected chi connectivity index (χ3v) is 3.49. The van der Waals surface area contributed by atoms with Gasteiger partial charge in [-0.1, -0.05) is 26.7 Å². The summed E-state index contributed by atoms with van der Waals surface area (Å²) in [6.45, 7) is 7.22. The molecule has 0 bridgehead atoms. The van der Waals surface area contributed by atoms with Crippen LogP contribution in [-0.4, -0.2) is 25.2 Å². The van der Waals surface area contributed by atoms with E-state index in [0.29, 0.717) is 31.0 Å². The van der Waals surface area contributed by atoms with Crippen molar-refractivity contribution in [2.45, 2.75) is 52.5 Å². The van der Waals surface area contributed by atoms with E-state index in [1.165, 1.54) is 25.7 Å². The lowest BCUT2D eigenvalue weighted by Gasteiger charge is -2.34. The minimum absolute atomic E-state index is 0.129. The highest BCUT2D eigenvalue weighted by Gasteiger charge is 2.27. The number of carbonyl (C=O) groups is 1. The molecule has 0 amide bonds. The molecule has 0 saturated heterocycles. The second-order valence-corrected chi connectivity index (χ2v) is 4.98. The molecule has 0 aromatic carbocycles. The molecular formula is C13H25NO2. The highest BCUT2D eigenvalue weighted by Crippen LogP contribution is 2.29. The predicted octanol–water partition coefficient (Wildman–Crippen LogP) is 2.35. The first-order chi connectivity index (χ1) is 7.65. The van der Waals surface area contributed by atoms with Crippen molar-refractivity contribution in [2.75, 3.05) is 13.2 Å². The molecule has 1 rings (SSSR count). The fourth-order valence-corrected chi connectivity index (χ4v) is 2.64. The molecular weight excluding hydrogens is 202 g/mol. The van der Waals surface area contributed by atoms with Crippen molar-refractivity contribution in [3.8, 4) is 0 Å². The molecule has 0 heterocycles. The van der Waals surface area contributed by atoms with E-state index in [0.717, 1.165) is 0 Å². The van der Waals surface area contributed by atoms with Crippen LogP contribution in [0.3, 0.4) is 0 Å². The summed E-state index contributed by atoms with van der Waals surface area (Å²) in [6, 6.07) is 0.498. The standard InChI is InChI=1S/C13H25NO2/c1-4-16-13(15)9-14-12-8-6-5-7-11(12)10(2)3/h10-12,14H,4-9H2,1-3H3. The smallest absolute Gasteiger partial charge is 0.319 e. The average Bonchev–Trinajstić information content (AvgIpc) is 2.27. The second-order valence-electron chi connectivity index (χ2n) is 4.98. The Morgan fingerprint density at radius 2 is 2.06 bits per heavy atom. The SMILES string of the molecule is CCOC(=O)CNC1CCCCC1C(C)C. The minimum Gasteiger partial charge on any atom is -0.465 e. The van der Waals surface area contributed by atoms with Gasteiger partial charge in [-0.2, -0.15) is 0 Å². The lowest BCUT2D eigenvalue weighted by molar-refractivity contribution is -0.142. The van der Waals surface area contributed by atoms with Crippen LogP contribution in [0.1, 0.15) is 46.5 Å².